The van der Waals surface area contributed by atoms with Gasteiger partial charge < -0.3 is 19.7 Å². The summed E-state index contributed by atoms with van der Waals surface area (Å²) in [5, 5.41) is 14.0. The summed E-state index contributed by atoms with van der Waals surface area (Å²) >= 11 is 0. The second-order valence-electron chi connectivity index (χ2n) is 7.13. The quantitative estimate of drug-likeness (QED) is 0.732. The molecule has 0 aliphatic heterocycles. The number of anilines is 1. The van der Waals surface area contributed by atoms with E-state index < -0.39 is 6.10 Å². The van der Waals surface area contributed by atoms with Crippen molar-refractivity contribution in [3.8, 4) is 5.75 Å². The van der Waals surface area contributed by atoms with E-state index in [1.165, 1.54) is 0 Å². The smallest absolute Gasteiger partial charge is 0.272 e. The number of ether oxygens (including phenoxy) is 1. The predicted molar refractivity (Wildman–Crippen MR) is 106 cm³/mol. The molecule has 3 aromatic rings. The molecule has 0 radical (unpaired) electrons. The van der Waals surface area contributed by atoms with E-state index in [9.17, 15) is 9.90 Å². The number of aliphatic hydroxyl groups is 1. The first-order valence-electron chi connectivity index (χ1n) is 9.42. The summed E-state index contributed by atoms with van der Waals surface area (Å²) in [6.07, 6.45) is 3.27. The van der Waals surface area contributed by atoms with E-state index in [1.54, 1.807) is 0 Å². The van der Waals surface area contributed by atoms with Crippen molar-refractivity contribution in [1.29, 1.82) is 0 Å². The topological polar surface area (TPSA) is 63.5 Å². The second-order valence-corrected chi connectivity index (χ2v) is 7.13. The number of hydrogen-bond acceptors (Lipinski definition) is 3. The molecule has 4 rings (SSSR count). The lowest BCUT2D eigenvalue weighted by atomic mass is 9.95. The summed E-state index contributed by atoms with van der Waals surface area (Å²) in [7, 11) is 1.89. The zero-order valence-electron chi connectivity index (χ0n) is 15.4. The molecular weight excluding hydrogens is 340 g/mol. The third-order valence-electron chi connectivity index (χ3n) is 5.25. The normalized spacial score (nSPS) is 19.8. The molecule has 27 heavy (non-hydrogen) atoms. The lowest BCUT2D eigenvalue weighted by molar-refractivity contribution is 0.00688. The maximum Gasteiger partial charge on any atom is 0.272 e. The van der Waals surface area contributed by atoms with Crippen LogP contribution in [0, 0.1) is 0 Å². The molecule has 2 atom stereocenters. The third-order valence-corrected chi connectivity index (χ3v) is 5.25. The molecule has 0 unspecified atom stereocenters. The number of rotatable bonds is 4. The number of carbonyl (C=O) groups is 1. The van der Waals surface area contributed by atoms with Gasteiger partial charge in [0.05, 0.1) is 6.10 Å². The van der Waals surface area contributed by atoms with E-state index >= 15 is 0 Å². The van der Waals surface area contributed by atoms with Crippen LogP contribution in [0.3, 0.4) is 0 Å². The van der Waals surface area contributed by atoms with Crippen LogP contribution in [0.2, 0.25) is 0 Å². The van der Waals surface area contributed by atoms with Crippen molar-refractivity contribution < 1.29 is 14.6 Å². The number of carbonyl (C=O) groups excluding carboxylic acids is 1. The molecule has 1 heterocycles. The first kappa shape index (κ1) is 17.6. The van der Waals surface area contributed by atoms with Crippen LogP contribution in [-0.4, -0.2) is 27.8 Å². The average Bonchev–Trinajstić information content (AvgIpc) is 3.02. The molecule has 5 heteroatoms. The number of fused-ring (bicyclic) bond motifs is 1. The molecule has 0 saturated heterocycles. The Kier molecular flexibility index (Phi) is 4.86. The van der Waals surface area contributed by atoms with Crippen molar-refractivity contribution >= 4 is 22.5 Å². The minimum atomic E-state index is -0.399. The van der Waals surface area contributed by atoms with Crippen molar-refractivity contribution in [2.45, 2.75) is 37.9 Å². The third kappa shape index (κ3) is 3.69. The SMILES string of the molecule is Cn1c(C(=O)Nc2ccc(O[C@@H]3CCCC[C@@H]3O)cc2)cc2ccccc21. The van der Waals surface area contributed by atoms with Gasteiger partial charge in [0, 0.05) is 23.6 Å². The van der Waals surface area contributed by atoms with Gasteiger partial charge in [-0.15, -0.1) is 0 Å². The monoisotopic (exact) mass is 364 g/mol. The lowest BCUT2D eigenvalue weighted by Gasteiger charge is -2.28. The number of aryl methyl sites for hydroxylation is 1. The second kappa shape index (κ2) is 7.45. The van der Waals surface area contributed by atoms with Gasteiger partial charge in [-0.25, -0.2) is 0 Å². The summed E-state index contributed by atoms with van der Waals surface area (Å²) in [6.45, 7) is 0. The van der Waals surface area contributed by atoms with Crippen LogP contribution < -0.4 is 10.1 Å². The van der Waals surface area contributed by atoms with Gasteiger partial charge >= 0.3 is 0 Å². The van der Waals surface area contributed by atoms with E-state index in [2.05, 4.69) is 5.32 Å². The number of benzene rings is 2. The van der Waals surface area contributed by atoms with Gasteiger partial charge in [0.1, 0.15) is 17.5 Å². The van der Waals surface area contributed by atoms with Crippen LogP contribution in [0.1, 0.15) is 36.2 Å². The molecule has 2 N–H and O–H groups in total. The molecule has 5 nitrogen and oxygen atoms in total. The van der Waals surface area contributed by atoms with Crippen LogP contribution in [0.25, 0.3) is 10.9 Å². The predicted octanol–water partition coefficient (Wildman–Crippen LogP) is 4.11. The van der Waals surface area contributed by atoms with E-state index in [0.29, 0.717) is 17.1 Å². The van der Waals surface area contributed by atoms with E-state index in [-0.39, 0.29) is 12.0 Å². The fourth-order valence-corrected chi connectivity index (χ4v) is 3.71. The fraction of sp³-hybridized carbons (Fsp3) is 0.318. The first-order chi connectivity index (χ1) is 13.1. The molecule has 1 saturated carbocycles. The number of nitrogens with one attached hydrogen (secondary N) is 1. The highest BCUT2D eigenvalue weighted by molar-refractivity contribution is 6.06. The van der Waals surface area contributed by atoms with E-state index in [1.807, 2.05) is 66.2 Å². The maximum absolute atomic E-state index is 12.7. The summed E-state index contributed by atoms with van der Waals surface area (Å²) in [6, 6.07) is 17.1. The number of hydrogen-bond donors (Lipinski definition) is 2. The van der Waals surface area contributed by atoms with Crippen molar-refractivity contribution in [2.75, 3.05) is 5.32 Å². The molecule has 1 aliphatic rings. The van der Waals surface area contributed by atoms with Crippen LogP contribution in [0.4, 0.5) is 5.69 Å². The van der Waals surface area contributed by atoms with Crippen molar-refractivity contribution in [3.05, 3.63) is 60.3 Å². The van der Waals surface area contributed by atoms with Crippen molar-refractivity contribution in [1.82, 2.24) is 4.57 Å². The standard InChI is InChI=1S/C22H24N2O3/c1-24-18-7-3-2-6-15(18)14-19(24)22(26)23-16-10-12-17(13-11-16)27-21-9-5-4-8-20(21)25/h2-3,6-7,10-14,20-21,25H,4-5,8-9H2,1H3,(H,23,26)/t20-,21+/m0/s1. The Morgan fingerprint density at radius 1 is 1.11 bits per heavy atom. The van der Waals surface area contributed by atoms with Gasteiger partial charge in [-0.3, -0.25) is 4.79 Å². The zero-order chi connectivity index (χ0) is 18.8. The van der Waals surface area contributed by atoms with Crippen LogP contribution in [0.15, 0.2) is 54.6 Å². The number of amides is 1. The Labute approximate surface area is 158 Å². The van der Waals surface area contributed by atoms with Gasteiger partial charge in [-0.1, -0.05) is 24.6 Å². The minimum absolute atomic E-state index is 0.144. The molecule has 2 aromatic carbocycles. The zero-order valence-corrected chi connectivity index (χ0v) is 15.4. The van der Waals surface area contributed by atoms with E-state index in [4.69, 9.17) is 4.74 Å². The van der Waals surface area contributed by atoms with Crippen molar-refractivity contribution in [2.24, 2.45) is 7.05 Å². The molecule has 1 aliphatic carbocycles. The molecule has 1 fully saturated rings. The van der Waals surface area contributed by atoms with Gasteiger partial charge in [-0.05, 0) is 55.7 Å². The van der Waals surface area contributed by atoms with E-state index in [0.717, 1.165) is 36.6 Å². The summed E-state index contributed by atoms with van der Waals surface area (Å²) in [5.74, 6) is 0.564. The number of para-hydroxylation sites is 1. The van der Waals surface area contributed by atoms with Gasteiger partial charge in [-0.2, -0.15) is 0 Å². The molecule has 1 aromatic heterocycles. The largest absolute Gasteiger partial charge is 0.488 e. The summed E-state index contributed by atoms with van der Waals surface area (Å²) < 4.78 is 7.80. The lowest BCUT2D eigenvalue weighted by Crippen LogP contribution is -2.34. The van der Waals surface area contributed by atoms with Crippen LogP contribution in [0.5, 0.6) is 5.75 Å². The molecule has 0 bridgehead atoms. The number of aromatic nitrogens is 1. The highest BCUT2D eigenvalue weighted by Crippen LogP contribution is 2.25. The molecule has 0 spiro atoms. The van der Waals surface area contributed by atoms with Crippen LogP contribution in [-0.2, 0) is 7.05 Å². The summed E-state index contributed by atoms with van der Waals surface area (Å²) in [5.41, 5.74) is 2.35. The Balaban J connectivity index is 1.44. The Morgan fingerprint density at radius 2 is 1.85 bits per heavy atom. The van der Waals surface area contributed by atoms with Gasteiger partial charge in [0.25, 0.3) is 5.91 Å². The van der Waals surface area contributed by atoms with Gasteiger partial charge in [0.2, 0.25) is 0 Å². The highest BCUT2D eigenvalue weighted by Gasteiger charge is 2.24. The van der Waals surface area contributed by atoms with Crippen LogP contribution >= 0.6 is 0 Å². The Morgan fingerprint density at radius 3 is 2.59 bits per heavy atom. The van der Waals surface area contributed by atoms with Crippen molar-refractivity contribution in [3.63, 3.8) is 0 Å². The molecular formula is C22H24N2O3. The molecule has 1 amide bonds. The summed E-state index contributed by atoms with van der Waals surface area (Å²) in [4.78, 5) is 12.7. The fourth-order valence-electron chi connectivity index (χ4n) is 3.71. The first-order valence-corrected chi connectivity index (χ1v) is 9.42. The number of aliphatic hydroxyl groups excluding tert-OH is 1. The Hall–Kier alpha value is -2.79. The average molecular weight is 364 g/mol. The Bertz CT molecular complexity index is 946. The number of nitrogens with zero attached hydrogens (tertiary/aromatic N) is 1. The highest BCUT2D eigenvalue weighted by atomic mass is 16.5. The molecule has 140 valence electrons. The van der Waals surface area contributed by atoms with Gasteiger partial charge in [0.15, 0.2) is 0 Å². The minimum Gasteiger partial charge on any atom is -0.488 e. The maximum atomic E-state index is 12.7.